The monoisotopic (exact) mass is 293 g/mol. The molecule has 0 aliphatic carbocycles. The zero-order valence-corrected chi connectivity index (χ0v) is 12.7. The van der Waals surface area contributed by atoms with Gasteiger partial charge in [0, 0.05) is 25.7 Å². The molecule has 21 heavy (non-hydrogen) atoms. The number of aliphatic hydroxyl groups excluding tert-OH is 1. The second-order valence-electron chi connectivity index (χ2n) is 5.49. The molecule has 0 amide bonds. The van der Waals surface area contributed by atoms with E-state index in [-0.39, 0.29) is 18.6 Å². The Hall–Kier alpha value is -2.34. The molecule has 0 atom stereocenters. The summed E-state index contributed by atoms with van der Waals surface area (Å²) in [6.45, 7) is 4.93. The van der Waals surface area contributed by atoms with Crippen molar-refractivity contribution in [3.63, 3.8) is 0 Å². The van der Waals surface area contributed by atoms with Crippen LogP contribution in [0.5, 0.6) is 0 Å². The molecular weight excluding hydrogens is 272 g/mol. The summed E-state index contributed by atoms with van der Waals surface area (Å²) in [5, 5.41) is 18.5. The molecular formula is C15H21N2O4+. The summed E-state index contributed by atoms with van der Waals surface area (Å²) in [5.41, 5.74) is -1.36. The molecule has 6 heteroatoms. The number of diazo groups is 1. The second kappa shape index (κ2) is 8.76. The van der Waals surface area contributed by atoms with E-state index in [1.165, 1.54) is 0 Å². The summed E-state index contributed by atoms with van der Waals surface area (Å²) < 4.78 is 4.98. The van der Waals surface area contributed by atoms with Crippen LogP contribution in [0.1, 0.15) is 52.9 Å². The number of esters is 1. The van der Waals surface area contributed by atoms with Gasteiger partial charge in [-0.2, -0.15) is 0 Å². The highest BCUT2D eigenvalue weighted by molar-refractivity contribution is 5.91. The largest absolute Gasteiger partial charge is 0.505 e. The van der Waals surface area contributed by atoms with Crippen molar-refractivity contribution in [3.8, 4) is 12.3 Å². The molecule has 0 saturated carbocycles. The van der Waals surface area contributed by atoms with Gasteiger partial charge < -0.3 is 9.84 Å². The van der Waals surface area contributed by atoms with Gasteiger partial charge in [-0.25, -0.2) is 4.79 Å². The van der Waals surface area contributed by atoms with Crippen molar-refractivity contribution in [2.45, 2.75) is 58.5 Å². The molecule has 0 aromatic carbocycles. The molecule has 6 nitrogen and oxygen atoms in total. The highest BCUT2D eigenvalue weighted by atomic mass is 16.6. The first-order valence-corrected chi connectivity index (χ1v) is 6.67. The number of Topliss-reactive ketones (excluding diaryl/α,β-unsaturated/α-hetero) is 1. The minimum absolute atomic E-state index is 0.0399. The number of allylic oxidation sites excluding steroid dienone is 1. The van der Waals surface area contributed by atoms with E-state index in [1.54, 1.807) is 20.8 Å². The van der Waals surface area contributed by atoms with E-state index >= 15 is 0 Å². The number of nitrogens with zero attached hydrogens (tertiary/aromatic N) is 2. The standard InChI is InChI=1S/C15H20N2O4/c1-5-6-7-8-11(18)9-10-12(19)13(17-16)14(20)21-15(2,3)4/h1H,6-10H2,2-4H3/p+1. The molecule has 0 spiro atoms. The molecule has 0 rings (SSSR count). The Balaban J connectivity index is 4.59. The number of carbonyl (C=O) groups excluding carboxylic acids is 2. The third-order valence-corrected chi connectivity index (χ3v) is 2.38. The third-order valence-electron chi connectivity index (χ3n) is 2.38. The number of terminal acetylenes is 1. The van der Waals surface area contributed by atoms with Crippen molar-refractivity contribution in [2.24, 2.45) is 0 Å². The molecule has 114 valence electrons. The SMILES string of the molecule is C#CCCCC(=O)CC/C(O)=C(\[N+]#N)C(=O)OC(C)(C)C. The molecule has 0 unspecified atom stereocenters. The zero-order valence-electron chi connectivity index (χ0n) is 12.7. The van der Waals surface area contributed by atoms with Gasteiger partial charge in [-0.15, -0.1) is 12.3 Å². The molecule has 0 heterocycles. The molecule has 0 aromatic heterocycles. The predicted molar refractivity (Wildman–Crippen MR) is 77.5 cm³/mol. The number of unbranched alkanes of at least 4 members (excludes halogenated alkanes) is 1. The van der Waals surface area contributed by atoms with Crippen molar-refractivity contribution in [3.05, 3.63) is 16.4 Å². The Morgan fingerprint density at radius 3 is 2.38 bits per heavy atom. The molecule has 0 aliphatic rings. The minimum Gasteiger partial charge on any atom is -0.505 e. The molecule has 0 aromatic rings. The van der Waals surface area contributed by atoms with Crippen LogP contribution in [0.25, 0.3) is 4.98 Å². The van der Waals surface area contributed by atoms with Crippen molar-refractivity contribution >= 4 is 11.8 Å². The van der Waals surface area contributed by atoms with Gasteiger partial charge >= 0.3 is 11.7 Å². The van der Waals surface area contributed by atoms with Gasteiger partial charge in [0.15, 0.2) is 10.7 Å². The van der Waals surface area contributed by atoms with Gasteiger partial charge in [0.1, 0.15) is 11.4 Å². The van der Waals surface area contributed by atoms with Gasteiger partial charge in [-0.05, 0) is 27.2 Å². The number of hydrogen-bond acceptors (Lipinski definition) is 5. The van der Waals surface area contributed by atoms with Crippen molar-refractivity contribution in [1.29, 1.82) is 5.39 Å². The number of ether oxygens (including phenoxy) is 1. The van der Waals surface area contributed by atoms with Crippen molar-refractivity contribution in [1.82, 2.24) is 0 Å². The fraction of sp³-hybridized carbons (Fsp3) is 0.600. The normalized spacial score (nSPS) is 11.9. The Kier molecular flexibility index (Phi) is 7.78. The number of aliphatic hydroxyl groups is 1. The molecule has 0 bridgehead atoms. The van der Waals surface area contributed by atoms with Gasteiger partial charge in [-0.1, -0.05) is 0 Å². The molecule has 0 fully saturated rings. The van der Waals surface area contributed by atoms with E-state index < -0.39 is 23.0 Å². The summed E-state index contributed by atoms with van der Waals surface area (Å²) in [7, 11) is 0. The zero-order chi connectivity index (χ0) is 16.5. The van der Waals surface area contributed by atoms with E-state index in [4.69, 9.17) is 16.6 Å². The quantitative estimate of drug-likeness (QED) is 0.194. The maximum absolute atomic E-state index is 11.7. The van der Waals surface area contributed by atoms with Crippen LogP contribution in [-0.2, 0) is 14.3 Å². The Morgan fingerprint density at radius 1 is 1.29 bits per heavy atom. The lowest BCUT2D eigenvalue weighted by Crippen LogP contribution is -2.24. The van der Waals surface area contributed by atoms with Crippen LogP contribution < -0.4 is 0 Å². The number of rotatable bonds is 7. The Morgan fingerprint density at radius 2 is 1.90 bits per heavy atom. The number of hydrogen-bond donors (Lipinski definition) is 1. The molecule has 0 aliphatic heterocycles. The smallest absolute Gasteiger partial charge is 0.505 e. The Labute approximate surface area is 124 Å². The maximum Gasteiger partial charge on any atom is 0.505 e. The van der Waals surface area contributed by atoms with Gasteiger partial charge in [0.25, 0.3) is 0 Å². The minimum atomic E-state index is -0.942. The van der Waals surface area contributed by atoms with Crippen LogP contribution in [0.4, 0.5) is 0 Å². The van der Waals surface area contributed by atoms with Gasteiger partial charge in [0.2, 0.25) is 5.39 Å². The van der Waals surface area contributed by atoms with Crippen LogP contribution in [0.15, 0.2) is 11.5 Å². The topological polar surface area (TPSA) is 91.7 Å². The van der Waals surface area contributed by atoms with E-state index in [0.717, 1.165) is 0 Å². The van der Waals surface area contributed by atoms with Gasteiger partial charge in [0.05, 0.1) is 0 Å². The first kappa shape index (κ1) is 18.7. The molecule has 0 radical (unpaired) electrons. The number of ketones is 1. The van der Waals surface area contributed by atoms with E-state index in [9.17, 15) is 14.7 Å². The van der Waals surface area contributed by atoms with Crippen LogP contribution in [0.2, 0.25) is 0 Å². The van der Waals surface area contributed by atoms with E-state index in [2.05, 4.69) is 10.9 Å². The predicted octanol–water partition coefficient (Wildman–Crippen LogP) is 3.10. The molecule has 0 saturated heterocycles. The lowest BCUT2D eigenvalue weighted by molar-refractivity contribution is -0.149. The average Bonchev–Trinajstić information content (AvgIpc) is 2.35. The summed E-state index contributed by atoms with van der Waals surface area (Å²) >= 11 is 0. The van der Waals surface area contributed by atoms with Crippen LogP contribution in [0, 0.1) is 17.7 Å². The lowest BCUT2D eigenvalue weighted by Gasteiger charge is -2.16. The number of carbonyl (C=O) groups is 2. The fourth-order valence-electron chi connectivity index (χ4n) is 1.43. The van der Waals surface area contributed by atoms with Crippen LogP contribution in [0.3, 0.4) is 0 Å². The van der Waals surface area contributed by atoms with E-state index in [1.807, 2.05) is 0 Å². The highest BCUT2D eigenvalue weighted by Crippen LogP contribution is 2.17. The first-order valence-electron chi connectivity index (χ1n) is 6.67. The van der Waals surface area contributed by atoms with Crippen molar-refractivity contribution in [2.75, 3.05) is 0 Å². The first-order chi connectivity index (χ1) is 9.71. The van der Waals surface area contributed by atoms with E-state index in [0.29, 0.717) is 19.3 Å². The summed E-state index contributed by atoms with van der Waals surface area (Å²) in [5.74, 6) is 0.930. The second-order valence-corrected chi connectivity index (χ2v) is 5.49. The van der Waals surface area contributed by atoms with Crippen LogP contribution in [-0.4, -0.2) is 22.5 Å². The highest BCUT2D eigenvalue weighted by Gasteiger charge is 2.33. The van der Waals surface area contributed by atoms with Gasteiger partial charge in [-0.3, -0.25) is 4.79 Å². The van der Waals surface area contributed by atoms with Crippen molar-refractivity contribution < 1.29 is 19.4 Å². The summed E-state index contributed by atoms with van der Waals surface area (Å²) in [6, 6.07) is 0. The average molecular weight is 293 g/mol. The fourth-order valence-corrected chi connectivity index (χ4v) is 1.43. The maximum atomic E-state index is 11.7. The lowest BCUT2D eigenvalue weighted by atomic mass is 10.1. The molecule has 1 N–H and O–H groups in total. The summed E-state index contributed by atoms with van der Waals surface area (Å²) in [6.07, 6.45) is 6.45. The third kappa shape index (κ3) is 8.43. The van der Waals surface area contributed by atoms with Crippen LogP contribution >= 0.6 is 0 Å². The Bertz CT molecular complexity index is 501. The summed E-state index contributed by atoms with van der Waals surface area (Å²) in [4.78, 5) is 25.9.